The Balaban J connectivity index is 3.44. The van der Waals surface area contributed by atoms with Gasteiger partial charge in [0.2, 0.25) is 0 Å². The molecule has 0 heterocycles. The van der Waals surface area contributed by atoms with E-state index in [-0.39, 0.29) is 4.71 Å². The molecular formula is C25H53NS2. The van der Waals surface area contributed by atoms with Crippen LogP contribution in [0.25, 0.3) is 0 Å². The van der Waals surface area contributed by atoms with Crippen LogP contribution in [0, 0.1) is 0 Å². The van der Waals surface area contributed by atoms with E-state index in [2.05, 4.69) is 44.0 Å². The second kappa shape index (κ2) is 23.9. The molecule has 0 aromatic carbocycles. The van der Waals surface area contributed by atoms with E-state index in [1.807, 2.05) is 0 Å². The maximum absolute atomic E-state index is 4.58. The fourth-order valence-corrected chi connectivity index (χ4v) is 4.41. The molecule has 0 rings (SSSR count). The zero-order chi connectivity index (χ0) is 20.7. The summed E-state index contributed by atoms with van der Waals surface area (Å²) < 4.78 is 0.108. The van der Waals surface area contributed by atoms with E-state index < -0.39 is 0 Å². The van der Waals surface area contributed by atoms with Gasteiger partial charge in [0.25, 0.3) is 0 Å². The molecule has 0 spiro atoms. The molecule has 0 saturated heterocycles. The van der Waals surface area contributed by atoms with Gasteiger partial charge in [0, 0.05) is 0 Å². The molecule has 0 atom stereocenters. The van der Waals surface area contributed by atoms with Crippen LogP contribution < -0.4 is 0 Å². The third kappa shape index (κ3) is 21.4. The lowest BCUT2D eigenvalue weighted by Crippen LogP contribution is -2.30. The Bertz CT molecular complexity index is 260. The largest absolute Gasteiger partial charge is 0.284 e. The van der Waals surface area contributed by atoms with Gasteiger partial charge in [0.05, 0.1) is 4.71 Å². The summed E-state index contributed by atoms with van der Waals surface area (Å²) in [5.41, 5.74) is 0. The molecule has 0 saturated carbocycles. The van der Waals surface area contributed by atoms with E-state index in [0.29, 0.717) is 0 Å². The van der Waals surface area contributed by atoms with Gasteiger partial charge in [-0.2, -0.15) is 0 Å². The Hall–Kier alpha value is 0.660. The number of hydrogen-bond donors (Lipinski definition) is 2. The van der Waals surface area contributed by atoms with Crippen LogP contribution in [0.15, 0.2) is 0 Å². The summed E-state index contributed by atoms with van der Waals surface area (Å²) in [7, 11) is 0. The zero-order valence-electron chi connectivity index (χ0n) is 19.5. The first-order valence-corrected chi connectivity index (χ1v) is 13.9. The van der Waals surface area contributed by atoms with Gasteiger partial charge in [-0.25, -0.2) is 0 Å². The van der Waals surface area contributed by atoms with Crippen molar-refractivity contribution >= 4 is 25.3 Å². The first-order chi connectivity index (χ1) is 13.7. The third-order valence-electron chi connectivity index (χ3n) is 5.92. The number of thiol groups is 2. The quantitative estimate of drug-likeness (QED) is 0.0925. The molecule has 0 aromatic rings. The van der Waals surface area contributed by atoms with Crippen LogP contribution in [-0.2, 0) is 0 Å². The first kappa shape index (κ1) is 28.7. The second-order valence-electron chi connectivity index (χ2n) is 8.75. The zero-order valence-corrected chi connectivity index (χ0v) is 21.3. The topological polar surface area (TPSA) is 3.24 Å². The summed E-state index contributed by atoms with van der Waals surface area (Å²) in [6.07, 6.45) is 28.1. The summed E-state index contributed by atoms with van der Waals surface area (Å²) >= 11 is 9.16. The van der Waals surface area contributed by atoms with Crippen molar-refractivity contribution in [2.45, 2.75) is 147 Å². The van der Waals surface area contributed by atoms with Crippen LogP contribution in [-0.4, -0.2) is 22.7 Å². The lowest BCUT2D eigenvalue weighted by molar-refractivity contribution is 0.289. The van der Waals surface area contributed by atoms with Crippen LogP contribution in [0.1, 0.15) is 142 Å². The van der Waals surface area contributed by atoms with Crippen molar-refractivity contribution in [2.24, 2.45) is 0 Å². The van der Waals surface area contributed by atoms with Crippen LogP contribution in [0.5, 0.6) is 0 Å². The summed E-state index contributed by atoms with van der Waals surface area (Å²) in [5, 5.41) is 0. The Kier molecular flexibility index (Phi) is 24.5. The summed E-state index contributed by atoms with van der Waals surface area (Å²) in [5.74, 6) is 0. The summed E-state index contributed by atoms with van der Waals surface area (Å²) in [6, 6.07) is 0. The predicted octanol–water partition coefficient (Wildman–Crippen LogP) is 9.27. The van der Waals surface area contributed by atoms with Gasteiger partial charge < -0.3 is 0 Å². The van der Waals surface area contributed by atoms with Gasteiger partial charge in [0.1, 0.15) is 0 Å². The molecule has 0 fully saturated rings. The Morgan fingerprint density at radius 2 is 0.679 bits per heavy atom. The Morgan fingerprint density at radius 3 is 0.929 bits per heavy atom. The van der Waals surface area contributed by atoms with Crippen molar-refractivity contribution in [3.63, 3.8) is 0 Å². The van der Waals surface area contributed by atoms with Crippen molar-refractivity contribution in [2.75, 3.05) is 13.1 Å². The highest BCUT2D eigenvalue weighted by Gasteiger charge is 2.09. The van der Waals surface area contributed by atoms with Crippen LogP contribution >= 0.6 is 25.3 Å². The summed E-state index contributed by atoms with van der Waals surface area (Å²) in [6.45, 7) is 6.93. The average Bonchev–Trinajstić information content (AvgIpc) is 2.68. The molecule has 28 heavy (non-hydrogen) atoms. The fourth-order valence-electron chi connectivity index (χ4n) is 3.95. The van der Waals surface area contributed by atoms with E-state index in [0.717, 1.165) is 0 Å². The van der Waals surface area contributed by atoms with E-state index in [1.165, 1.54) is 142 Å². The van der Waals surface area contributed by atoms with Crippen LogP contribution in [0.2, 0.25) is 0 Å². The molecule has 170 valence electrons. The van der Waals surface area contributed by atoms with Gasteiger partial charge in [0.15, 0.2) is 0 Å². The normalized spacial score (nSPS) is 11.8. The van der Waals surface area contributed by atoms with Crippen molar-refractivity contribution < 1.29 is 0 Å². The number of nitrogens with zero attached hydrogens (tertiary/aromatic N) is 1. The fraction of sp³-hybridized carbons (Fsp3) is 1.00. The number of hydrogen-bond acceptors (Lipinski definition) is 3. The first-order valence-electron chi connectivity index (χ1n) is 12.8. The molecule has 0 aliphatic heterocycles. The van der Waals surface area contributed by atoms with E-state index in [1.54, 1.807) is 0 Å². The van der Waals surface area contributed by atoms with Crippen molar-refractivity contribution in [3.8, 4) is 0 Å². The molecule has 0 aliphatic carbocycles. The monoisotopic (exact) mass is 431 g/mol. The van der Waals surface area contributed by atoms with Gasteiger partial charge in [-0.1, -0.05) is 129 Å². The smallest absolute Gasteiger partial charge is 0.0969 e. The Labute approximate surface area is 190 Å². The maximum Gasteiger partial charge on any atom is 0.0969 e. The van der Waals surface area contributed by atoms with Gasteiger partial charge in [-0.05, 0) is 25.9 Å². The van der Waals surface area contributed by atoms with Crippen molar-refractivity contribution in [1.82, 2.24) is 4.90 Å². The third-order valence-corrected chi connectivity index (χ3v) is 6.58. The minimum Gasteiger partial charge on any atom is -0.284 e. The van der Waals surface area contributed by atoms with Gasteiger partial charge in [-0.15, -0.1) is 25.3 Å². The van der Waals surface area contributed by atoms with E-state index in [9.17, 15) is 0 Å². The molecule has 0 unspecified atom stereocenters. The number of unbranched alkanes of at least 4 members (excludes halogenated alkanes) is 18. The molecule has 0 bridgehead atoms. The standard InChI is InChI=1S/C25H53NS2/c1-3-5-7-9-11-13-15-17-19-21-23-26(25(27)28)24-22-20-18-16-14-12-10-8-6-4-2/h25,27-28H,3-24H2,1-2H3. The van der Waals surface area contributed by atoms with Gasteiger partial charge in [-0.3, -0.25) is 4.90 Å². The predicted molar refractivity (Wildman–Crippen MR) is 137 cm³/mol. The molecule has 1 nitrogen and oxygen atoms in total. The van der Waals surface area contributed by atoms with E-state index >= 15 is 0 Å². The number of rotatable bonds is 23. The SMILES string of the molecule is CCCCCCCCCCCCN(CCCCCCCCCCCC)C(S)S. The van der Waals surface area contributed by atoms with E-state index in [4.69, 9.17) is 0 Å². The molecule has 0 aromatic heterocycles. The highest BCUT2D eigenvalue weighted by atomic mass is 32.2. The van der Waals surface area contributed by atoms with Crippen molar-refractivity contribution in [3.05, 3.63) is 0 Å². The van der Waals surface area contributed by atoms with Gasteiger partial charge >= 0.3 is 0 Å². The molecule has 0 N–H and O–H groups in total. The highest BCUT2D eigenvalue weighted by molar-refractivity contribution is 7.99. The minimum atomic E-state index is 0.108. The lowest BCUT2D eigenvalue weighted by atomic mass is 10.1. The molecule has 0 aliphatic rings. The van der Waals surface area contributed by atoms with Crippen molar-refractivity contribution in [1.29, 1.82) is 0 Å². The lowest BCUT2D eigenvalue weighted by Gasteiger charge is -2.25. The highest BCUT2D eigenvalue weighted by Crippen LogP contribution is 2.15. The van der Waals surface area contributed by atoms with Crippen LogP contribution in [0.4, 0.5) is 0 Å². The Morgan fingerprint density at radius 1 is 0.429 bits per heavy atom. The molecule has 3 heteroatoms. The molecule has 0 radical (unpaired) electrons. The molecular weight excluding hydrogens is 378 g/mol. The second-order valence-corrected chi connectivity index (χ2v) is 10.1. The molecule has 0 amide bonds. The minimum absolute atomic E-state index is 0.108. The summed E-state index contributed by atoms with van der Waals surface area (Å²) in [4.78, 5) is 2.46. The average molecular weight is 432 g/mol. The van der Waals surface area contributed by atoms with Crippen LogP contribution in [0.3, 0.4) is 0 Å². The maximum atomic E-state index is 4.58.